The van der Waals surface area contributed by atoms with Crippen LogP contribution in [0.5, 0.6) is 5.88 Å². The number of cyclic esters (lactones) is 1. The molecule has 1 atom stereocenters. The Bertz CT molecular complexity index is 1200. The van der Waals surface area contributed by atoms with Gasteiger partial charge in [-0.15, -0.1) is 0 Å². The van der Waals surface area contributed by atoms with Crippen molar-refractivity contribution in [3.05, 3.63) is 47.4 Å². The molecule has 168 valence electrons. The second-order valence-electron chi connectivity index (χ2n) is 9.22. The zero-order valence-electron chi connectivity index (χ0n) is 19.3. The Hall–Kier alpha value is -3.26. The Morgan fingerprint density at radius 3 is 2.62 bits per heavy atom. The molecule has 0 aromatic carbocycles. The number of carbonyl (C=O) groups excluding carboxylic acids is 1. The molecule has 0 saturated carbocycles. The highest BCUT2D eigenvalue weighted by Gasteiger charge is 2.40. The zero-order valence-corrected chi connectivity index (χ0v) is 19.3. The van der Waals surface area contributed by atoms with E-state index in [1.54, 1.807) is 24.5 Å². The summed E-state index contributed by atoms with van der Waals surface area (Å²) in [6.45, 7) is 12.1. The smallest absolute Gasteiger partial charge is 0.340 e. The number of hydrogen-bond acceptors (Lipinski definition) is 8. The fraction of sp³-hybridized carbons (Fsp3) is 0.417. The second kappa shape index (κ2) is 7.70. The van der Waals surface area contributed by atoms with Gasteiger partial charge in [0.2, 0.25) is 5.88 Å². The molecule has 0 saturated heterocycles. The molecule has 3 N–H and O–H groups in total. The summed E-state index contributed by atoms with van der Waals surface area (Å²) >= 11 is 0. The van der Waals surface area contributed by atoms with Crippen molar-refractivity contribution in [2.45, 2.75) is 58.6 Å². The Morgan fingerprint density at radius 2 is 1.94 bits per heavy atom. The summed E-state index contributed by atoms with van der Waals surface area (Å²) in [6, 6.07) is 5.42. The van der Waals surface area contributed by atoms with Crippen molar-refractivity contribution < 1.29 is 14.3 Å². The van der Waals surface area contributed by atoms with Gasteiger partial charge in [-0.25, -0.2) is 19.7 Å². The molecule has 0 radical (unpaired) electrons. The van der Waals surface area contributed by atoms with Crippen LogP contribution in [0.2, 0.25) is 0 Å². The SMILES string of the molecule is CCOc1ncc(C(C)(C)N)c2cc(Nc3ccc4c(n3)[C@H](C)C(C)(C)OC4=O)ncc12. The molecular weight excluding hydrogens is 406 g/mol. The number of carbonyl (C=O) groups is 1. The maximum Gasteiger partial charge on any atom is 0.340 e. The molecule has 3 aromatic heterocycles. The van der Waals surface area contributed by atoms with E-state index in [2.05, 4.69) is 15.3 Å². The van der Waals surface area contributed by atoms with Crippen LogP contribution in [0.15, 0.2) is 30.6 Å². The molecule has 4 rings (SSSR count). The third-order valence-corrected chi connectivity index (χ3v) is 5.92. The molecule has 4 heterocycles. The normalized spacial score (nSPS) is 17.6. The van der Waals surface area contributed by atoms with E-state index >= 15 is 0 Å². The maximum absolute atomic E-state index is 12.4. The lowest BCUT2D eigenvalue weighted by Gasteiger charge is -2.36. The monoisotopic (exact) mass is 435 g/mol. The number of aromatic nitrogens is 3. The van der Waals surface area contributed by atoms with Gasteiger partial charge in [-0.05, 0) is 63.8 Å². The van der Waals surface area contributed by atoms with E-state index in [1.807, 2.05) is 47.6 Å². The minimum absolute atomic E-state index is 0.0500. The minimum Gasteiger partial charge on any atom is -0.477 e. The number of fused-ring (bicyclic) bond motifs is 2. The fourth-order valence-electron chi connectivity index (χ4n) is 3.83. The van der Waals surface area contributed by atoms with Crippen LogP contribution in [0.3, 0.4) is 0 Å². The molecule has 8 nitrogen and oxygen atoms in total. The summed E-state index contributed by atoms with van der Waals surface area (Å²) in [7, 11) is 0. The molecule has 1 aliphatic rings. The molecule has 0 unspecified atom stereocenters. The number of nitrogens with zero attached hydrogens (tertiary/aromatic N) is 3. The van der Waals surface area contributed by atoms with E-state index in [0.29, 0.717) is 35.4 Å². The van der Waals surface area contributed by atoms with Crippen LogP contribution >= 0.6 is 0 Å². The molecule has 0 spiro atoms. The van der Waals surface area contributed by atoms with Crippen LogP contribution in [-0.2, 0) is 10.3 Å². The molecule has 8 heteroatoms. The first-order valence-electron chi connectivity index (χ1n) is 10.7. The number of nitrogens with two attached hydrogens (primary N) is 1. The molecule has 0 aliphatic carbocycles. The molecular formula is C24H29N5O3. The quantitative estimate of drug-likeness (QED) is 0.567. The van der Waals surface area contributed by atoms with E-state index in [9.17, 15) is 4.79 Å². The van der Waals surface area contributed by atoms with E-state index in [-0.39, 0.29) is 11.9 Å². The largest absolute Gasteiger partial charge is 0.477 e. The first-order chi connectivity index (χ1) is 15.0. The van der Waals surface area contributed by atoms with Gasteiger partial charge in [0.15, 0.2) is 0 Å². The molecule has 3 aromatic rings. The van der Waals surface area contributed by atoms with Gasteiger partial charge in [0.05, 0.1) is 23.3 Å². The van der Waals surface area contributed by atoms with Crippen molar-refractivity contribution in [2.24, 2.45) is 5.73 Å². The lowest BCUT2D eigenvalue weighted by atomic mass is 9.84. The summed E-state index contributed by atoms with van der Waals surface area (Å²) in [6.07, 6.45) is 3.48. The minimum atomic E-state index is -0.624. The highest BCUT2D eigenvalue weighted by atomic mass is 16.6. The van der Waals surface area contributed by atoms with Gasteiger partial charge in [-0.3, -0.25) is 0 Å². The highest BCUT2D eigenvalue weighted by Crippen LogP contribution is 2.38. The fourth-order valence-corrected chi connectivity index (χ4v) is 3.83. The van der Waals surface area contributed by atoms with Crippen molar-refractivity contribution in [3.63, 3.8) is 0 Å². The lowest BCUT2D eigenvalue weighted by molar-refractivity contribution is -0.0189. The molecule has 0 amide bonds. The molecule has 32 heavy (non-hydrogen) atoms. The second-order valence-corrected chi connectivity index (χ2v) is 9.22. The number of nitrogens with one attached hydrogen (secondary N) is 1. The summed E-state index contributed by atoms with van der Waals surface area (Å²) in [5, 5.41) is 4.97. The highest BCUT2D eigenvalue weighted by molar-refractivity contribution is 5.93. The van der Waals surface area contributed by atoms with Gasteiger partial charge in [0.1, 0.15) is 17.2 Å². The van der Waals surface area contributed by atoms with Gasteiger partial charge in [0, 0.05) is 23.9 Å². The van der Waals surface area contributed by atoms with Crippen molar-refractivity contribution in [2.75, 3.05) is 11.9 Å². The van der Waals surface area contributed by atoms with Crippen molar-refractivity contribution in [1.29, 1.82) is 0 Å². The van der Waals surface area contributed by atoms with E-state index in [0.717, 1.165) is 16.3 Å². The van der Waals surface area contributed by atoms with Gasteiger partial charge >= 0.3 is 5.97 Å². The first kappa shape index (κ1) is 22.0. The van der Waals surface area contributed by atoms with Gasteiger partial charge in [-0.2, -0.15) is 0 Å². The van der Waals surface area contributed by atoms with E-state index < -0.39 is 11.1 Å². The third kappa shape index (κ3) is 3.86. The number of rotatable bonds is 5. The van der Waals surface area contributed by atoms with Gasteiger partial charge in [-0.1, -0.05) is 6.92 Å². The zero-order chi connectivity index (χ0) is 23.3. The molecule has 0 fully saturated rings. The topological polar surface area (TPSA) is 112 Å². The van der Waals surface area contributed by atoms with Crippen LogP contribution < -0.4 is 15.8 Å². The van der Waals surface area contributed by atoms with E-state index in [1.165, 1.54) is 0 Å². The molecule has 0 bridgehead atoms. The number of esters is 1. The van der Waals surface area contributed by atoms with Crippen molar-refractivity contribution >= 4 is 28.4 Å². The summed E-state index contributed by atoms with van der Waals surface area (Å²) < 4.78 is 11.2. The Balaban J connectivity index is 1.76. The first-order valence-corrected chi connectivity index (χ1v) is 10.7. The predicted octanol–water partition coefficient (Wildman–Crippen LogP) is 4.41. The number of ether oxygens (including phenoxy) is 2. The Labute approximate surface area is 187 Å². The summed E-state index contributed by atoms with van der Waals surface area (Å²) in [5.41, 5.74) is 7.27. The number of pyridine rings is 3. The third-order valence-electron chi connectivity index (χ3n) is 5.92. The average Bonchev–Trinajstić information content (AvgIpc) is 2.71. The number of anilines is 2. The van der Waals surface area contributed by atoms with Gasteiger partial charge in [0.25, 0.3) is 0 Å². The lowest BCUT2D eigenvalue weighted by Crippen LogP contribution is -2.39. The van der Waals surface area contributed by atoms with Crippen molar-refractivity contribution in [3.8, 4) is 5.88 Å². The van der Waals surface area contributed by atoms with Crippen LogP contribution in [0, 0.1) is 0 Å². The standard InChI is InChI=1S/C24H29N5O3/c1-7-31-21-16-11-26-19(10-15(16)17(12-27-21)23(3,4)25)28-18-9-8-14-20(29-18)13(2)24(5,6)32-22(14)30/h8-13H,7,25H2,1-6H3,(H,26,28,29)/t13-/m0/s1. The van der Waals surface area contributed by atoms with Crippen molar-refractivity contribution in [1.82, 2.24) is 15.0 Å². The van der Waals surface area contributed by atoms with Crippen LogP contribution in [-0.4, -0.2) is 33.1 Å². The number of hydrogen-bond donors (Lipinski definition) is 2. The van der Waals surface area contributed by atoms with Crippen LogP contribution in [0.4, 0.5) is 11.6 Å². The molecule has 1 aliphatic heterocycles. The van der Waals surface area contributed by atoms with Crippen LogP contribution in [0.1, 0.15) is 69.1 Å². The Kier molecular flexibility index (Phi) is 5.29. The van der Waals surface area contributed by atoms with E-state index in [4.69, 9.17) is 20.2 Å². The predicted molar refractivity (Wildman–Crippen MR) is 123 cm³/mol. The van der Waals surface area contributed by atoms with Gasteiger partial charge < -0.3 is 20.5 Å². The summed E-state index contributed by atoms with van der Waals surface area (Å²) in [4.78, 5) is 26.0. The summed E-state index contributed by atoms with van der Waals surface area (Å²) in [5.74, 6) is 1.33. The van der Waals surface area contributed by atoms with Crippen LogP contribution in [0.25, 0.3) is 10.8 Å². The Morgan fingerprint density at radius 1 is 1.19 bits per heavy atom. The maximum atomic E-state index is 12.4. The average molecular weight is 436 g/mol.